The SMILES string of the molecule is C=CCNN(C=O)C(N)C=C. The zero-order valence-corrected chi connectivity index (χ0v) is 6.36. The van der Waals surface area contributed by atoms with Crippen molar-refractivity contribution in [3.05, 3.63) is 25.3 Å². The van der Waals surface area contributed by atoms with Crippen LogP contribution in [0.2, 0.25) is 0 Å². The molecule has 0 aliphatic rings. The van der Waals surface area contributed by atoms with Crippen LogP contribution in [-0.4, -0.2) is 24.1 Å². The van der Waals surface area contributed by atoms with Gasteiger partial charge in [0.1, 0.15) is 6.17 Å². The van der Waals surface area contributed by atoms with Gasteiger partial charge in [-0.25, -0.2) is 5.43 Å². The normalized spacial score (nSPS) is 11.7. The molecule has 0 fully saturated rings. The predicted molar refractivity (Wildman–Crippen MR) is 44.3 cm³/mol. The first-order chi connectivity index (χ1) is 5.26. The van der Waals surface area contributed by atoms with Crippen molar-refractivity contribution >= 4 is 6.41 Å². The first kappa shape index (κ1) is 9.87. The van der Waals surface area contributed by atoms with Gasteiger partial charge in [0, 0.05) is 6.54 Å². The van der Waals surface area contributed by atoms with E-state index < -0.39 is 6.17 Å². The van der Waals surface area contributed by atoms with Gasteiger partial charge < -0.3 is 5.73 Å². The second-order valence-electron chi connectivity index (χ2n) is 1.89. The Morgan fingerprint density at radius 1 is 1.64 bits per heavy atom. The van der Waals surface area contributed by atoms with Crippen molar-refractivity contribution in [3.63, 3.8) is 0 Å². The number of hydrogen-bond acceptors (Lipinski definition) is 3. The topological polar surface area (TPSA) is 58.4 Å². The smallest absolute Gasteiger partial charge is 0.225 e. The fourth-order valence-electron chi connectivity index (χ4n) is 0.496. The van der Waals surface area contributed by atoms with Crippen molar-refractivity contribution in [1.82, 2.24) is 10.4 Å². The van der Waals surface area contributed by atoms with Gasteiger partial charge in [0.2, 0.25) is 6.41 Å². The first-order valence-corrected chi connectivity index (χ1v) is 3.22. The van der Waals surface area contributed by atoms with Crippen LogP contribution in [-0.2, 0) is 4.79 Å². The van der Waals surface area contributed by atoms with Crippen LogP contribution in [0.15, 0.2) is 25.3 Å². The van der Waals surface area contributed by atoms with Gasteiger partial charge in [0.25, 0.3) is 0 Å². The third kappa shape index (κ3) is 3.54. The lowest BCUT2D eigenvalue weighted by Crippen LogP contribution is -2.48. The number of hydrazine groups is 1. The fourth-order valence-corrected chi connectivity index (χ4v) is 0.496. The van der Waals surface area contributed by atoms with Gasteiger partial charge in [-0.05, 0) is 0 Å². The third-order valence-corrected chi connectivity index (χ3v) is 1.09. The molecule has 11 heavy (non-hydrogen) atoms. The highest BCUT2D eigenvalue weighted by Crippen LogP contribution is 1.83. The quantitative estimate of drug-likeness (QED) is 0.237. The van der Waals surface area contributed by atoms with E-state index in [2.05, 4.69) is 18.6 Å². The van der Waals surface area contributed by atoms with Gasteiger partial charge in [-0.2, -0.15) is 0 Å². The number of hydrogen-bond donors (Lipinski definition) is 2. The van der Waals surface area contributed by atoms with E-state index in [1.54, 1.807) is 6.08 Å². The van der Waals surface area contributed by atoms with E-state index >= 15 is 0 Å². The predicted octanol–water partition coefficient (Wildman–Crippen LogP) is -0.394. The molecule has 0 bridgehead atoms. The number of nitrogens with one attached hydrogen (secondary N) is 1. The molecule has 62 valence electrons. The number of carbonyl (C=O) groups excluding carboxylic acids is 1. The highest BCUT2D eigenvalue weighted by atomic mass is 16.1. The highest BCUT2D eigenvalue weighted by Gasteiger charge is 2.04. The lowest BCUT2D eigenvalue weighted by Gasteiger charge is -2.21. The number of rotatable bonds is 6. The van der Waals surface area contributed by atoms with Gasteiger partial charge in [0.15, 0.2) is 0 Å². The first-order valence-electron chi connectivity index (χ1n) is 3.22. The monoisotopic (exact) mass is 155 g/mol. The molecule has 0 spiro atoms. The summed E-state index contributed by atoms with van der Waals surface area (Å²) in [6, 6.07) is 0. The molecule has 0 aliphatic carbocycles. The molecule has 0 aliphatic heterocycles. The van der Waals surface area contributed by atoms with Crippen molar-refractivity contribution in [2.45, 2.75) is 6.17 Å². The average Bonchev–Trinajstić information content (AvgIpc) is 2.05. The molecule has 0 heterocycles. The van der Waals surface area contributed by atoms with Gasteiger partial charge in [-0.15, -0.1) is 6.58 Å². The minimum atomic E-state index is -0.493. The van der Waals surface area contributed by atoms with E-state index in [9.17, 15) is 4.79 Å². The summed E-state index contributed by atoms with van der Waals surface area (Å²) < 4.78 is 0. The molecule has 0 saturated carbocycles. The maximum Gasteiger partial charge on any atom is 0.225 e. The van der Waals surface area contributed by atoms with Crippen LogP contribution in [0.4, 0.5) is 0 Å². The third-order valence-electron chi connectivity index (χ3n) is 1.09. The van der Waals surface area contributed by atoms with Crippen molar-refractivity contribution in [3.8, 4) is 0 Å². The minimum absolute atomic E-state index is 0.493. The van der Waals surface area contributed by atoms with Crippen LogP contribution in [0.3, 0.4) is 0 Å². The Morgan fingerprint density at radius 3 is 2.64 bits per heavy atom. The summed E-state index contributed by atoms with van der Waals surface area (Å²) in [6.07, 6.45) is 3.21. The molecule has 4 nitrogen and oxygen atoms in total. The number of nitrogens with zero attached hydrogens (tertiary/aromatic N) is 1. The van der Waals surface area contributed by atoms with Crippen LogP contribution in [0, 0.1) is 0 Å². The summed E-state index contributed by atoms with van der Waals surface area (Å²) in [4.78, 5) is 10.3. The Labute approximate surface area is 66.3 Å². The van der Waals surface area contributed by atoms with Crippen molar-refractivity contribution in [2.75, 3.05) is 6.54 Å². The Hall–Kier alpha value is -1.13. The second kappa shape index (κ2) is 5.64. The number of amides is 1. The van der Waals surface area contributed by atoms with Crippen molar-refractivity contribution < 1.29 is 4.79 Å². The van der Waals surface area contributed by atoms with Crippen LogP contribution >= 0.6 is 0 Å². The molecule has 3 N–H and O–H groups in total. The van der Waals surface area contributed by atoms with E-state index in [1.165, 1.54) is 11.1 Å². The summed E-state index contributed by atoms with van der Waals surface area (Å²) in [5.41, 5.74) is 8.17. The average molecular weight is 155 g/mol. The Bertz CT molecular complexity index is 147. The van der Waals surface area contributed by atoms with Crippen LogP contribution in [0.25, 0.3) is 0 Å². The maximum absolute atomic E-state index is 10.3. The number of carbonyl (C=O) groups is 1. The molecule has 0 aromatic rings. The van der Waals surface area contributed by atoms with Crippen LogP contribution in [0.5, 0.6) is 0 Å². The highest BCUT2D eigenvalue weighted by molar-refractivity contribution is 5.47. The second-order valence-corrected chi connectivity index (χ2v) is 1.89. The minimum Gasteiger partial charge on any atom is -0.307 e. The molecule has 1 atom stereocenters. The van der Waals surface area contributed by atoms with Crippen molar-refractivity contribution in [1.29, 1.82) is 0 Å². The molecular formula is C7H13N3O. The summed E-state index contributed by atoms with van der Waals surface area (Å²) in [6.45, 7) is 7.43. The lowest BCUT2D eigenvalue weighted by atomic mass is 10.5. The van der Waals surface area contributed by atoms with E-state index in [4.69, 9.17) is 5.73 Å². The zero-order chi connectivity index (χ0) is 8.69. The van der Waals surface area contributed by atoms with E-state index in [-0.39, 0.29) is 0 Å². The lowest BCUT2D eigenvalue weighted by molar-refractivity contribution is -0.122. The van der Waals surface area contributed by atoms with E-state index in [0.29, 0.717) is 13.0 Å². The van der Waals surface area contributed by atoms with Gasteiger partial charge in [-0.3, -0.25) is 9.80 Å². The summed E-state index contributed by atoms with van der Waals surface area (Å²) in [7, 11) is 0. The van der Waals surface area contributed by atoms with Crippen molar-refractivity contribution in [2.24, 2.45) is 5.73 Å². The Balaban J connectivity index is 3.82. The molecule has 1 amide bonds. The molecule has 0 aromatic heterocycles. The summed E-state index contributed by atoms with van der Waals surface area (Å²) in [5.74, 6) is 0. The van der Waals surface area contributed by atoms with E-state index in [1.807, 2.05) is 0 Å². The van der Waals surface area contributed by atoms with E-state index in [0.717, 1.165) is 0 Å². The molecule has 0 radical (unpaired) electrons. The molecular weight excluding hydrogens is 142 g/mol. The van der Waals surface area contributed by atoms with Gasteiger partial charge >= 0.3 is 0 Å². The molecule has 0 aromatic carbocycles. The Kier molecular flexibility index (Phi) is 5.06. The fraction of sp³-hybridized carbons (Fsp3) is 0.286. The summed E-state index contributed by atoms with van der Waals surface area (Å²) in [5, 5.41) is 1.22. The van der Waals surface area contributed by atoms with Crippen LogP contribution in [0.1, 0.15) is 0 Å². The molecule has 0 saturated heterocycles. The molecule has 0 rings (SSSR count). The Morgan fingerprint density at radius 2 is 2.27 bits per heavy atom. The standard InChI is InChI=1S/C7H13N3O/c1-3-5-9-10(6-11)7(8)4-2/h3-4,6-7,9H,1-2,5,8H2. The van der Waals surface area contributed by atoms with Gasteiger partial charge in [0.05, 0.1) is 0 Å². The zero-order valence-electron chi connectivity index (χ0n) is 6.36. The van der Waals surface area contributed by atoms with Gasteiger partial charge in [-0.1, -0.05) is 18.7 Å². The maximum atomic E-state index is 10.3. The summed E-state index contributed by atoms with van der Waals surface area (Å²) >= 11 is 0. The molecule has 1 unspecified atom stereocenters. The number of nitrogens with two attached hydrogens (primary N) is 1. The molecule has 4 heteroatoms. The van der Waals surface area contributed by atoms with Crippen LogP contribution < -0.4 is 11.2 Å². The largest absolute Gasteiger partial charge is 0.307 e.